The van der Waals surface area contributed by atoms with Crippen LogP contribution in [0.25, 0.3) is 5.57 Å². The number of benzene rings is 2. The molecule has 5 heteroatoms. The van der Waals surface area contributed by atoms with Crippen molar-refractivity contribution in [3.05, 3.63) is 70.8 Å². The van der Waals surface area contributed by atoms with Crippen LogP contribution in [0.5, 0.6) is 0 Å². The van der Waals surface area contributed by atoms with Crippen molar-refractivity contribution in [3.8, 4) is 0 Å². The highest BCUT2D eigenvalue weighted by atomic mass is 19.1. The maximum absolute atomic E-state index is 13.8. The van der Waals surface area contributed by atoms with Gasteiger partial charge >= 0.3 is 6.03 Å². The molecule has 0 atom stereocenters. The molecule has 1 heterocycles. The van der Waals surface area contributed by atoms with E-state index in [2.05, 4.69) is 25.2 Å². The van der Waals surface area contributed by atoms with Gasteiger partial charge in [-0.05, 0) is 48.2 Å². The van der Waals surface area contributed by atoms with E-state index in [4.69, 9.17) is 0 Å². The van der Waals surface area contributed by atoms with Crippen LogP contribution in [0, 0.1) is 11.6 Å². The fourth-order valence-corrected chi connectivity index (χ4v) is 3.41. The Morgan fingerprint density at radius 2 is 1.45 bits per heavy atom. The van der Waals surface area contributed by atoms with E-state index in [1.54, 1.807) is 0 Å². The Labute approximate surface area is 186 Å². The number of urea groups is 1. The molecule has 3 rings (SSSR count). The van der Waals surface area contributed by atoms with E-state index in [1.807, 2.05) is 52.0 Å². The molecule has 2 aromatic rings. The highest BCUT2D eigenvalue weighted by molar-refractivity contribution is 5.90. The number of allylic oxidation sites excluding steroid dienone is 2. The van der Waals surface area contributed by atoms with Crippen molar-refractivity contribution in [2.75, 3.05) is 5.32 Å². The van der Waals surface area contributed by atoms with E-state index in [1.165, 1.54) is 10.5 Å². The SMILES string of the molecule is CC.CC.CC/C=C(\CCC)c1ccc(NC(=O)N2Cc3c(F)ccc(F)c3C2)cc1. The number of hydrogen-bond donors (Lipinski definition) is 1. The maximum atomic E-state index is 13.8. The van der Waals surface area contributed by atoms with Crippen LogP contribution in [-0.4, -0.2) is 10.9 Å². The number of anilines is 1. The summed E-state index contributed by atoms with van der Waals surface area (Å²) >= 11 is 0. The quantitative estimate of drug-likeness (QED) is 0.510. The van der Waals surface area contributed by atoms with Gasteiger partial charge in [0.15, 0.2) is 0 Å². The lowest BCUT2D eigenvalue weighted by Crippen LogP contribution is -2.30. The van der Waals surface area contributed by atoms with Crippen LogP contribution in [-0.2, 0) is 13.1 Å². The molecule has 0 spiro atoms. The number of fused-ring (bicyclic) bond motifs is 1. The van der Waals surface area contributed by atoms with Gasteiger partial charge in [0.1, 0.15) is 11.6 Å². The Morgan fingerprint density at radius 3 is 1.90 bits per heavy atom. The minimum atomic E-state index is -0.475. The van der Waals surface area contributed by atoms with Gasteiger partial charge in [-0.15, -0.1) is 0 Å². The summed E-state index contributed by atoms with van der Waals surface area (Å²) in [6.07, 6.45) is 5.30. The van der Waals surface area contributed by atoms with Gasteiger partial charge in [-0.25, -0.2) is 13.6 Å². The lowest BCUT2D eigenvalue weighted by atomic mass is 10.00. The molecule has 2 aromatic carbocycles. The van der Waals surface area contributed by atoms with Crippen LogP contribution in [0.3, 0.4) is 0 Å². The minimum absolute atomic E-state index is 0.0722. The van der Waals surface area contributed by atoms with Crippen molar-refractivity contribution in [1.82, 2.24) is 4.90 Å². The van der Waals surface area contributed by atoms with Gasteiger partial charge in [0.05, 0.1) is 13.1 Å². The molecule has 0 saturated carbocycles. The summed E-state index contributed by atoms with van der Waals surface area (Å²) in [7, 11) is 0. The lowest BCUT2D eigenvalue weighted by Gasteiger charge is -2.17. The van der Waals surface area contributed by atoms with Gasteiger partial charge in [-0.3, -0.25) is 0 Å². The number of hydrogen-bond acceptors (Lipinski definition) is 1. The molecule has 170 valence electrons. The topological polar surface area (TPSA) is 32.3 Å². The predicted octanol–water partition coefficient (Wildman–Crippen LogP) is 8.16. The van der Waals surface area contributed by atoms with Gasteiger partial charge in [0, 0.05) is 16.8 Å². The molecule has 1 aliphatic heterocycles. The molecule has 0 unspecified atom stereocenters. The minimum Gasteiger partial charge on any atom is -0.316 e. The van der Waals surface area contributed by atoms with Crippen LogP contribution in [0.2, 0.25) is 0 Å². The first-order chi connectivity index (χ1) is 15.0. The van der Waals surface area contributed by atoms with Crippen molar-refractivity contribution >= 4 is 17.3 Å². The summed E-state index contributed by atoms with van der Waals surface area (Å²) in [5, 5.41) is 2.81. The van der Waals surface area contributed by atoms with Crippen LogP contribution in [0.15, 0.2) is 42.5 Å². The molecule has 0 saturated heterocycles. The van der Waals surface area contributed by atoms with Crippen molar-refractivity contribution in [3.63, 3.8) is 0 Å². The van der Waals surface area contributed by atoms with Crippen LogP contribution in [0.1, 0.15) is 77.5 Å². The van der Waals surface area contributed by atoms with Crippen molar-refractivity contribution < 1.29 is 13.6 Å². The second kappa shape index (κ2) is 13.6. The molecule has 3 nitrogen and oxygen atoms in total. The Morgan fingerprint density at radius 1 is 0.935 bits per heavy atom. The maximum Gasteiger partial charge on any atom is 0.322 e. The average molecular weight is 431 g/mol. The number of carbonyl (C=O) groups excluding carboxylic acids is 1. The molecule has 0 aliphatic carbocycles. The zero-order valence-electron chi connectivity index (χ0n) is 19.7. The van der Waals surface area contributed by atoms with E-state index in [9.17, 15) is 13.6 Å². The highest BCUT2D eigenvalue weighted by Gasteiger charge is 2.28. The Balaban J connectivity index is 0.00000113. The number of carbonyl (C=O) groups is 1. The van der Waals surface area contributed by atoms with Gasteiger partial charge in [-0.2, -0.15) is 0 Å². The first-order valence-corrected chi connectivity index (χ1v) is 11.3. The van der Waals surface area contributed by atoms with E-state index < -0.39 is 11.6 Å². The standard InChI is InChI=1S/C22H24F2N2O.2C2H6/c1-3-5-15(6-4-2)16-7-9-17(10-8-16)25-22(27)26-13-18-19(14-26)21(24)12-11-20(18)23;2*1-2/h5,7-12H,3-4,6,13-14H2,1-2H3,(H,25,27);2*1-2H3/b15-5+;;. The summed E-state index contributed by atoms with van der Waals surface area (Å²) in [5.41, 5.74) is 3.63. The smallest absolute Gasteiger partial charge is 0.316 e. The first-order valence-electron chi connectivity index (χ1n) is 11.3. The number of amides is 2. The summed E-state index contributed by atoms with van der Waals surface area (Å²) in [5.74, 6) is -0.950. The fraction of sp³-hybridized carbons (Fsp3) is 0.423. The molecule has 1 aliphatic rings. The third kappa shape index (κ3) is 6.91. The largest absolute Gasteiger partial charge is 0.322 e. The van der Waals surface area contributed by atoms with E-state index in [0.29, 0.717) is 5.69 Å². The third-order valence-electron chi connectivity index (χ3n) is 4.78. The van der Waals surface area contributed by atoms with Crippen molar-refractivity contribution in [2.45, 2.75) is 73.9 Å². The molecule has 0 bridgehead atoms. The number of halogens is 2. The number of nitrogens with one attached hydrogen (secondary N) is 1. The van der Waals surface area contributed by atoms with Crippen LogP contribution in [0.4, 0.5) is 19.3 Å². The summed E-state index contributed by atoms with van der Waals surface area (Å²) in [6.45, 7) is 12.4. The Hall–Kier alpha value is -2.69. The predicted molar refractivity (Wildman–Crippen MR) is 127 cm³/mol. The van der Waals surface area contributed by atoms with E-state index in [0.717, 1.165) is 37.0 Å². The first kappa shape index (κ1) is 26.3. The van der Waals surface area contributed by atoms with E-state index in [-0.39, 0.29) is 30.2 Å². The van der Waals surface area contributed by atoms with Gasteiger partial charge < -0.3 is 10.2 Å². The molecular formula is C26H36F2N2O. The molecule has 0 fully saturated rings. The molecule has 0 radical (unpaired) electrons. The zero-order chi connectivity index (χ0) is 23.4. The normalized spacial score (nSPS) is 12.3. The second-order valence-corrected chi connectivity index (χ2v) is 6.74. The highest BCUT2D eigenvalue weighted by Crippen LogP contribution is 2.28. The number of rotatable bonds is 5. The van der Waals surface area contributed by atoms with Gasteiger partial charge in [-0.1, -0.05) is 66.2 Å². The zero-order valence-corrected chi connectivity index (χ0v) is 19.7. The summed E-state index contributed by atoms with van der Waals surface area (Å²) in [6, 6.07) is 9.54. The molecule has 2 amide bonds. The van der Waals surface area contributed by atoms with Crippen LogP contribution >= 0.6 is 0 Å². The second-order valence-electron chi connectivity index (χ2n) is 6.74. The van der Waals surface area contributed by atoms with Crippen molar-refractivity contribution in [1.29, 1.82) is 0 Å². The fourth-order valence-electron chi connectivity index (χ4n) is 3.41. The van der Waals surface area contributed by atoms with Crippen molar-refractivity contribution in [2.24, 2.45) is 0 Å². The summed E-state index contributed by atoms with van der Waals surface area (Å²) in [4.78, 5) is 13.9. The van der Waals surface area contributed by atoms with Gasteiger partial charge in [0.2, 0.25) is 0 Å². The van der Waals surface area contributed by atoms with Gasteiger partial charge in [0.25, 0.3) is 0 Å². The average Bonchev–Trinajstić information content (AvgIpc) is 3.27. The lowest BCUT2D eigenvalue weighted by molar-refractivity contribution is 0.212. The monoisotopic (exact) mass is 430 g/mol. The van der Waals surface area contributed by atoms with E-state index >= 15 is 0 Å². The molecule has 0 aromatic heterocycles. The molecule has 31 heavy (non-hydrogen) atoms. The third-order valence-corrected chi connectivity index (χ3v) is 4.78. The number of nitrogens with zero attached hydrogens (tertiary/aromatic N) is 1. The Bertz CT molecular complexity index is 829. The molecule has 1 N–H and O–H groups in total. The van der Waals surface area contributed by atoms with Crippen LogP contribution < -0.4 is 5.32 Å². The molecular weight excluding hydrogens is 394 g/mol. The Kier molecular flexibility index (Phi) is 11.5. The summed E-state index contributed by atoms with van der Waals surface area (Å²) < 4.78 is 27.7.